The lowest BCUT2D eigenvalue weighted by molar-refractivity contribution is 0.323. The molecular formula is C9H14BrN. The Kier molecular flexibility index (Phi) is 2.53. The quantitative estimate of drug-likeness (QED) is 0.589. The zero-order valence-corrected chi connectivity index (χ0v) is 8.85. The molecule has 0 saturated heterocycles. The lowest BCUT2D eigenvalue weighted by Gasteiger charge is -2.27. The van der Waals surface area contributed by atoms with E-state index >= 15 is 0 Å². The Morgan fingerprint density at radius 2 is 2.18 bits per heavy atom. The third kappa shape index (κ3) is 2.44. The fourth-order valence-corrected chi connectivity index (χ4v) is 1.38. The molecule has 0 bridgehead atoms. The second-order valence-electron chi connectivity index (χ2n) is 3.98. The molecule has 1 unspecified atom stereocenters. The van der Waals surface area contributed by atoms with Crippen LogP contribution in [0, 0.1) is 5.41 Å². The van der Waals surface area contributed by atoms with Crippen molar-refractivity contribution in [2.75, 3.05) is 0 Å². The molecule has 1 rings (SSSR count). The first-order valence-electron chi connectivity index (χ1n) is 3.89. The van der Waals surface area contributed by atoms with E-state index in [9.17, 15) is 0 Å². The summed E-state index contributed by atoms with van der Waals surface area (Å²) in [5, 5.41) is 0. The van der Waals surface area contributed by atoms with Crippen LogP contribution in [0.2, 0.25) is 0 Å². The first-order valence-corrected chi connectivity index (χ1v) is 4.68. The predicted octanol–water partition coefficient (Wildman–Crippen LogP) is 3.15. The zero-order valence-electron chi connectivity index (χ0n) is 7.26. The van der Waals surface area contributed by atoms with Crippen molar-refractivity contribution in [2.24, 2.45) is 10.4 Å². The van der Waals surface area contributed by atoms with Crippen molar-refractivity contribution >= 4 is 22.1 Å². The molecule has 0 aromatic heterocycles. The number of dihydropyridines is 1. The molecule has 0 fully saturated rings. The van der Waals surface area contributed by atoms with E-state index in [0.717, 1.165) is 10.9 Å². The Labute approximate surface area is 76.7 Å². The summed E-state index contributed by atoms with van der Waals surface area (Å²) in [5.74, 6) is 0. The molecule has 1 atom stereocenters. The molecule has 0 saturated carbocycles. The summed E-state index contributed by atoms with van der Waals surface area (Å²) < 4.78 is 1.11. The van der Waals surface area contributed by atoms with E-state index in [2.05, 4.69) is 47.8 Å². The summed E-state index contributed by atoms with van der Waals surface area (Å²) in [7, 11) is 0. The van der Waals surface area contributed by atoms with Gasteiger partial charge >= 0.3 is 0 Å². The molecule has 0 aromatic carbocycles. The van der Waals surface area contributed by atoms with Gasteiger partial charge < -0.3 is 0 Å². The van der Waals surface area contributed by atoms with Gasteiger partial charge in [0.05, 0.1) is 6.04 Å². The van der Waals surface area contributed by atoms with Crippen molar-refractivity contribution in [3.8, 4) is 0 Å². The van der Waals surface area contributed by atoms with Gasteiger partial charge in [-0.3, -0.25) is 4.99 Å². The van der Waals surface area contributed by atoms with E-state index in [1.165, 1.54) is 0 Å². The second kappa shape index (κ2) is 3.10. The van der Waals surface area contributed by atoms with Crippen molar-refractivity contribution in [1.29, 1.82) is 0 Å². The van der Waals surface area contributed by atoms with Gasteiger partial charge in [0, 0.05) is 10.7 Å². The summed E-state index contributed by atoms with van der Waals surface area (Å²) in [6, 6.07) is 0.448. The maximum Gasteiger partial charge on any atom is 0.0583 e. The van der Waals surface area contributed by atoms with Crippen LogP contribution in [0.5, 0.6) is 0 Å². The first-order chi connectivity index (χ1) is 5.00. The number of halogens is 1. The smallest absolute Gasteiger partial charge is 0.0583 e. The zero-order chi connectivity index (χ0) is 8.48. The van der Waals surface area contributed by atoms with E-state index in [4.69, 9.17) is 0 Å². The minimum absolute atomic E-state index is 0.292. The standard InChI is InChI=1S/C9H14BrN/c1-9(2,3)8-5-4-7(10)6-11-8/h4,6,8H,5H2,1-3H3. The van der Waals surface area contributed by atoms with Crippen LogP contribution >= 0.6 is 15.9 Å². The third-order valence-electron chi connectivity index (χ3n) is 1.91. The lowest BCUT2D eigenvalue weighted by atomic mass is 9.84. The summed E-state index contributed by atoms with van der Waals surface area (Å²) in [4.78, 5) is 4.44. The van der Waals surface area contributed by atoms with Gasteiger partial charge in [-0.2, -0.15) is 0 Å². The van der Waals surface area contributed by atoms with Crippen LogP contribution in [0.4, 0.5) is 0 Å². The monoisotopic (exact) mass is 215 g/mol. The van der Waals surface area contributed by atoms with Crippen LogP contribution in [0.15, 0.2) is 15.6 Å². The SMILES string of the molecule is CC(C)(C)C1CC=C(Br)C=N1. The molecule has 2 heteroatoms. The van der Waals surface area contributed by atoms with Crippen LogP contribution < -0.4 is 0 Å². The Hall–Kier alpha value is -0.110. The molecule has 1 nitrogen and oxygen atoms in total. The second-order valence-corrected chi connectivity index (χ2v) is 4.90. The Bertz CT molecular complexity index is 198. The highest BCUT2D eigenvalue weighted by Crippen LogP contribution is 2.28. The minimum Gasteiger partial charge on any atom is -0.288 e. The van der Waals surface area contributed by atoms with Crippen LogP contribution in [0.1, 0.15) is 27.2 Å². The van der Waals surface area contributed by atoms with Crippen molar-refractivity contribution in [2.45, 2.75) is 33.2 Å². The van der Waals surface area contributed by atoms with E-state index in [0.29, 0.717) is 11.5 Å². The van der Waals surface area contributed by atoms with Gasteiger partial charge in [0.2, 0.25) is 0 Å². The maximum absolute atomic E-state index is 4.44. The van der Waals surface area contributed by atoms with E-state index < -0.39 is 0 Å². The van der Waals surface area contributed by atoms with Crippen LogP contribution in [-0.4, -0.2) is 12.3 Å². The summed E-state index contributed by atoms with van der Waals surface area (Å²) >= 11 is 3.39. The first kappa shape index (κ1) is 8.98. The fraction of sp³-hybridized carbons (Fsp3) is 0.667. The van der Waals surface area contributed by atoms with Gasteiger partial charge in [-0.15, -0.1) is 0 Å². The fourth-order valence-electron chi connectivity index (χ4n) is 1.08. The molecule has 0 spiro atoms. The largest absolute Gasteiger partial charge is 0.288 e. The van der Waals surface area contributed by atoms with Crippen molar-refractivity contribution < 1.29 is 0 Å². The van der Waals surface area contributed by atoms with E-state index in [-0.39, 0.29) is 0 Å². The maximum atomic E-state index is 4.44. The highest BCUT2D eigenvalue weighted by molar-refractivity contribution is 9.12. The number of nitrogens with zero attached hydrogens (tertiary/aromatic N) is 1. The van der Waals surface area contributed by atoms with Gasteiger partial charge in [0.1, 0.15) is 0 Å². The van der Waals surface area contributed by atoms with Crippen LogP contribution in [0.25, 0.3) is 0 Å². The molecule has 0 radical (unpaired) electrons. The van der Waals surface area contributed by atoms with Crippen molar-refractivity contribution in [3.05, 3.63) is 10.6 Å². The van der Waals surface area contributed by atoms with Crippen molar-refractivity contribution in [3.63, 3.8) is 0 Å². The molecule has 11 heavy (non-hydrogen) atoms. The van der Waals surface area contributed by atoms with Crippen LogP contribution in [0.3, 0.4) is 0 Å². The minimum atomic E-state index is 0.292. The third-order valence-corrected chi connectivity index (χ3v) is 2.44. The molecule has 0 amide bonds. The number of rotatable bonds is 0. The van der Waals surface area contributed by atoms with E-state index in [1.807, 2.05) is 6.21 Å². The molecule has 0 aliphatic carbocycles. The number of aliphatic imine (C=N–C) groups is 1. The van der Waals surface area contributed by atoms with Gasteiger partial charge in [0.15, 0.2) is 0 Å². The molecular weight excluding hydrogens is 202 g/mol. The molecule has 1 aliphatic heterocycles. The number of allylic oxidation sites excluding steroid dienone is 1. The topological polar surface area (TPSA) is 12.4 Å². The number of hydrogen-bond acceptors (Lipinski definition) is 1. The molecule has 62 valence electrons. The molecule has 0 N–H and O–H groups in total. The van der Waals surface area contributed by atoms with Gasteiger partial charge in [-0.25, -0.2) is 0 Å². The summed E-state index contributed by atoms with van der Waals surface area (Å²) in [6.07, 6.45) is 5.14. The number of hydrogen-bond donors (Lipinski definition) is 0. The summed E-state index contributed by atoms with van der Waals surface area (Å²) in [5.41, 5.74) is 0.292. The van der Waals surface area contributed by atoms with E-state index in [1.54, 1.807) is 0 Å². The van der Waals surface area contributed by atoms with Gasteiger partial charge in [-0.05, 0) is 27.8 Å². The van der Waals surface area contributed by atoms with Crippen molar-refractivity contribution in [1.82, 2.24) is 0 Å². The Morgan fingerprint density at radius 3 is 2.55 bits per heavy atom. The highest BCUT2D eigenvalue weighted by Gasteiger charge is 2.23. The molecule has 0 aromatic rings. The van der Waals surface area contributed by atoms with Crippen LogP contribution in [-0.2, 0) is 0 Å². The molecule has 1 heterocycles. The Morgan fingerprint density at radius 1 is 1.55 bits per heavy atom. The average Bonchev–Trinajstić information content (AvgIpc) is 1.86. The average molecular weight is 216 g/mol. The Balaban J connectivity index is 2.63. The molecule has 1 aliphatic rings. The van der Waals surface area contributed by atoms with Gasteiger partial charge in [0.25, 0.3) is 0 Å². The normalized spacial score (nSPS) is 25.1. The van der Waals surface area contributed by atoms with Gasteiger partial charge in [-0.1, -0.05) is 26.8 Å². The lowest BCUT2D eigenvalue weighted by Crippen LogP contribution is -2.25. The predicted molar refractivity (Wildman–Crippen MR) is 53.4 cm³/mol. The summed E-state index contributed by atoms with van der Waals surface area (Å²) in [6.45, 7) is 6.67. The highest BCUT2D eigenvalue weighted by atomic mass is 79.9.